The Hall–Kier alpha value is -1.94. The summed E-state index contributed by atoms with van der Waals surface area (Å²) in [4.78, 5) is 14.8. The highest BCUT2D eigenvalue weighted by Crippen LogP contribution is 2.24. The fourth-order valence-corrected chi connectivity index (χ4v) is 4.51. The molecule has 0 bridgehead atoms. The third-order valence-electron chi connectivity index (χ3n) is 5.42. The van der Waals surface area contributed by atoms with Gasteiger partial charge in [0.25, 0.3) is 0 Å². The first-order valence-electron chi connectivity index (χ1n) is 10.3. The van der Waals surface area contributed by atoms with Gasteiger partial charge in [0.05, 0.1) is 11.8 Å². The van der Waals surface area contributed by atoms with Crippen LogP contribution in [0.3, 0.4) is 0 Å². The minimum atomic E-state index is 0.0294. The molecule has 4 heteroatoms. The number of carbonyl (C=O) groups excluding carboxylic acids is 1. The van der Waals surface area contributed by atoms with Crippen molar-refractivity contribution in [2.24, 2.45) is 5.92 Å². The Morgan fingerprint density at radius 1 is 1.18 bits per heavy atom. The predicted octanol–water partition coefficient (Wildman–Crippen LogP) is 5.34. The van der Waals surface area contributed by atoms with Crippen molar-refractivity contribution in [1.82, 2.24) is 5.32 Å². The molecule has 2 atom stereocenters. The molecule has 1 fully saturated rings. The van der Waals surface area contributed by atoms with Gasteiger partial charge in [-0.2, -0.15) is 0 Å². The first kappa shape index (κ1) is 20.8. The highest BCUT2D eigenvalue weighted by molar-refractivity contribution is 7.99. The van der Waals surface area contributed by atoms with Gasteiger partial charge in [-0.05, 0) is 55.9 Å². The van der Waals surface area contributed by atoms with Crippen LogP contribution in [0.5, 0.6) is 0 Å². The van der Waals surface area contributed by atoms with Crippen LogP contribution in [0.15, 0.2) is 48.5 Å². The zero-order valence-electron chi connectivity index (χ0n) is 17.3. The van der Waals surface area contributed by atoms with Crippen molar-refractivity contribution < 1.29 is 4.79 Å². The maximum Gasteiger partial charge on any atom is 0.230 e. The van der Waals surface area contributed by atoms with Crippen LogP contribution in [0.4, 0.5) is 5.69 Å². The van der Waals surface area contributed by atoms with Gasteiger partial charge in [-0.15, -0.1) is 11.8 Å². The van der Waals surface area contributed by atoms with Gasteiger partial charge in [0.2, 0.25) is 5.91 Å². The smallest absolute Gasteiger partial charge is 0.230 e. The van der Waals surface area contributed by atoms with Crippen molar-refractivity contribution >= 4 is 23.4 Å². The van der Waals surface area contributed by atoms with Crippen molar-refractivity contribution in [2.45, 2.75) is 45.4 Å². The molecule has 0 aliphatic carbocycles. The molecule has 1 saturated heterocycles. The largest absolute Gasteiger partial charge is 0.371 e. The van der Waals surface area contributed by atoms with Gasteiger partial charge in [0.1, 0.15) is 0 Å². The molecule has 3 rings (SSSR count). The molecule has 2 aromatic rings. The topological polar surface area (TPSA) is 32.3 Å². The maximum absolute atomic E-state index is 12.3. The summed E-state index contributed by atoms with van der Waals surface area (Å²) in [6.45, 7) is 8.76. The molecule has 0 unspecified atom stereocenters. The average Bonchev–Trinajstić information content (AvgIpc) is 2.69. The highest BCUT2D eigenvalue weighted by atomic mass is 32.2. The molecule has 3 nitrogen and oxygen atoms in total. The Balaban J connectivity index is 1.45. The average molecular weight is 397 g/mol. The Kier molecular flexibility index (Phi) is 7.43. The first-order valence-corrected chi connectivity index (χ1v) is 11.4. The molecular weight excluding hydrogens is 364 g/mol. The first-order chi connectivity index (χ1) is 13.5. The van der Waals surface area contributed by atoms with E-state index in [1.54, 1.807) is 11.8 Å². The summed E-state index contributed by atoms with van der Waals surface area (Å²) in [6, 6.07) is 17.2. The number of anilines is 1. The summed E-state index contributed by atoms with van der Waals surface area (Å²) in [5, 5.41) is 3.12. The molecule has 1 heterocycles. The highest BCUT2D eigenvalue weighted by Gasteiger charge is 2.17. The van der Waals surface area contributed by atoms with Crippen LogP contribution in [0, 0.1) is 12.8 Å². The fourth-order valence-electron chi connectivity index (χ4n) is 3.71. The van der Waals surface area contributed by atoms with E-state index in [0.717, 1.165) is 30.3 Å². The van der Waals surface area contributed by atoms with Gasteiger partial charge in [-0.1, -0.05) is 48.9 Å². The van der Waals surface area contributed by atoms with Crippen LogP contribution < -0.4 is 10.2 Å². The van der Waals surface area contributed by atoms with Crippen molar-refractivity contribution in [1.29, 1.82) is 0 Å². The van der Waals surface area contributed by atoms with E-state index in [9.17, 15) is 4.79 Å². The van der Waals surface area contributed by atoms with Crippen LogP contribution in [0.2, 0.25) is 0 Å². The molecule has 1 aliphatic heterocycles. The van der Waals surface area contributed by atoms with Crippen molar-refractivity contribution in [2.75, 3.05) is 23.7 Å². The molecule has 0 spiro atoms. The molecule has 0 aromatic heterocycles. The summed E-state index contributed by atoms with van der Waals surface area (Å²) in [5.41, 5.74) is 4.98. The van der Waals surface area contributed by atoms with Gasteiger partial charge in [-0.25, -0.2) is 0 Å². The number of piperidine rings is 1. The Morgan fingerprint density at radius 3 is 2.57 bits per heavy atom. The normalized spacial score (nSPS) is 18.0. The van der Waals surface area contributed by atoms with Gasteiger partial charge in [0.15, 0.2) is 0 Å². The summed E-state index contributed by atoms with van der Waals surface area (Å²) >= 11 is 1.66. The number of rotatable bonds is 7. The van der Waals surface area contributed by atoms with E-state index >= 15 is 0 Å². The van der Waals surface area contributed by atoms with E-state index in [2.05, 4.69) is 79.5 Å². The Morgan fingerprint density at radius 2 is 1.89 bits per heavy atom. The monoisotopic (exact) mass is 396 g/mol. The number of amides is 1. The molecule has 2 aromatic carbocycles. The second kappa shape index (κ2) is 10.0. The standard InChI is InChI=1S/C24H32N2OS/c1-18-6-8-21(9-7-18)16-28-17-24(27)25-20(3)22-10-12-23(13-11-22)26-14-4-5-19(2)15-26/h6-13,19-20H,4-5,14-17H2,1-3H3,(H,25,27)/t19-,20+/m0/s1. The molecule has 0 saturated carbocycles. The molecule has 1 aliphatic rings. The van der Waals surface area contributed by atoms with Crippen molar-refractivity contribution in [3.05, 3.63) is 65.2 Å². The summed E-state index contributed by atoms with van der Waals surface area (Å²) < 4.78 is 0. The van der Waals surface area contributed by atoms with E-state index in [-0.39, 0.29) is 11.9 Å². The SMILES string of the molecule is Cc1ccc(CSCC(=O)N[C@H](C)c2ccc(N3CCC[C@H](C)C3)cc2)cc1. The Bertz CT molecular complexity index is 757. The lowest BCUT2D eigenvalue weighted by Gasteiger charge is -2.33. The fraction of sp³-hybridized carbons (Fsp3) is 0.458. The lowest BCUT2D eigenvalue weighted by atomic mass is 9.99. The van der Waals surface area contributed by atoms with Crippen LogP contribution >= 0.6 is 11.8 Å². The number of carbonyl (C=O) groups is 1. The number of aryl methyl sites for hydroxylation is 1. The van der Waals surface area contributed by atoms with Gasteiger partial charge in [0, 0.05) is 24.5 Å². The molecular formula is C24H32N2OS. The molecule has 28 heavy (non-hydrogen) atoms. The summed E-state index contributed by atoms with van der Waals surface area (Å²) in [5.74, 6) is 2.22. The third-order valence-corrected chi connectivity index (χ3v) is 6.42. The molecule has 150 valence electrons. The summed E-state index contributed by atoms with van der Waals surface area (Å²) in [6.07, 6.45) is 2.61. The van der Waals surface area contributed by atoms with Gasteiger partial charge in [-0.3, -0.25) is 4.79 Å². The van der Waals surface area contributed by atoms with Gasteiger partial charge < -0.3 is 10.2 Å². The number of thioether (sulfide) groups is 1. The summed E-state index contributed by atoms with van der Waals surface area (Å²) in [7, 11) is 0. The predicted molar refractivity (Wildman–Crippen MR) is 121 cm³/mol. The van der Waals surface area contributed by atoms with E-state index < -0.39 is 0 Å². The van der Waals surface area contributed by atoms with Crippen LogP contribution in [0.1, 0.15) is 49.4 Å². The molecule has 1 N–H and O–H groups in total. The lowest BCUT2D eigenvalue weighted by Crippen LogP contribution is -2.34. The van der Waals surface area contributed by atoms with Gasteiger partial charge >= 0.3 is 0 Å². The van der Waals surface area contributed by atoms with Crippen LogP contribution in [0.25, 0.3) is 0 Å². The van der Waals surface area contributed by atoms with Crippen molar-refractivity contribution in [3.63, 3.8) is 0 Å². The van der Waals surface area contributed by atoms with E-state index in [4.69, 9.17) is 0 Å². The van der Waals surface area contributed by atoms with E-state index in [1.807, 2.05) is 0 Å². The molecule has 1 amide bonds. The van der Waals surface area contributed by atoms with Crippen LogP contribution in [-0.4, -0.2) is 24.7 Å². The lowest BCUT2D eigenvalue weighted by molar-refractivity contribution is -0.119. The number of hydrogen-bond donors (Lipinski definition) is 1. The number of benzene rings is 2. The number of nitrogens with one attached hydrogen (secondary N) is 1. The molecule has 0 radical (unpaired) electrons. The second-order valence-corrected chi connectivity index (χ2v) is 9.04. The second-order valence-electron chi connectivity index (χ2n) is 8.05. The zero-order valence-corrected chi connectivity index (χ0v) is 18.1. The third kappa shape index (κ3) is 6.03. The van der Waals surface area contributed by atoms with E-state index in [0.29, 0.717) is 5.75 Å². The maximum atomic E-state index is 12.3. The number of nitrogens with zero attached hydrogens (tertiary/aromatic N) is 1. The zero-order chi connectivity index (χ0) is 19.9. The van der Waals surface area contributed by atoms with Crippen LogP contribution in [-0.2, 0) is 10.5 Å². The quantitative estimate of drug-likeness (QED) is 0.685. The number of hydrogen-bond acceptors (Lipinski definition) is 3. The van der Waals surface area contributed by atoms with E-state index in [1.165, 1.54) is 29.7 Å². The minimum Gasteiger partial charge on any atom is -0.371 e. The minimum absolute atomic E-state index is 0.0294. The van der Waals surface area contributed by atoms with Crippen molar-refractivity contribution in [3.8, 4) is 0 Å². The Labute approximate surface area is 173 Å².